The number of pyridine rings is 1. The highest BCUT2D eigenvalue weighted by atomic mass is 35.5. The Hall–Kier alpha value is -2.30. The number of nitrogens with zero attached hydrogens (tertiary/aromatic N) is 1. The molecule has 1 aromatic heterocycles. The molecule has 0 saturated carbocycles. The average molecular weight is 406 g/mol. The van der Waals surface area contributed by atoms with Gasteiger partial charge in [-0.2, -0.15) is 0 Å². The van der Waals surface area contributed by atoms with E-state index >= 15 is 0 Å². The maximum Gasteiger partial charge on any atom is 0.142 e. The molecule has 140 valence electrons. The van der Waals surface area contributed by atoms with Crippen molar-refractivity contribution in [3.05, 3.63) is 76.3 Å². The predicted octanol–water partition coefficient (Wildman–Crippen LogP) is 6.73. The van der Waals surface area contributed by atoms with Crippen LogP contribution in [0.5, 0.6) is 11.5 Å². The van der Waals surface area contributed by atoms with Crippen LogP contribution in [-0.2, 0) is 0 Å². The molecule has 0 bridgehead atoms. The molecule has 2 aromatic carbocycles. The van der Waals surface area contributed by atoms with Gasteiger partial charge in [-0.05, 0) is 49.7 Å². The molecule has 0 aliphatic rings. The Kier molecular flexibility index (Phi) is 6.19. The number of aromatic nitrogens is 1. The Morgan fingerprint density at radius 1 is 1.04 bits per heavy atom. The highest BCUT2D eigenvalue weighted by molar-refractivity contribution is 6.36. The summed E-state index contributed by atoms with van der Waals surface area (Å²) in [5.41, 5.74) is 2.23. The van der Waals surface area contributed by atoms with Gasteiger partial charge in [-0.15, -0.1) is 0 Å². The van der Waals surface area contributed by atoms with Crippen LogP contribution >= 0.6 is 23.2 Å². The van der Waals surface area contributed by atoms with Gasteiger partial charge >= 0.3 is 0 Å². The summed E-state index contributed by atoms with van der Waals surface area (Å²) in [5, 5.41) is 0.311. The highest BCUT2D eigenvalue weighted by Gasteiger charge is 2.19. The van der Waals surface area contributed by atoms with Crippen molar-refractivity contribution in [3.8, 4) is 22.6 Å². The van der Waals surface area contributed by atoms with Gasteiger partial charge in [0.1, 0.15) is 23.4 Å². The van der Waals surface area contributed by atoms with Gasteiger partial charge in [-0.3, -0.25) is 4.98 Å². The normalized spacial score (nSPS) is 11.9. The lowest BCUT2D eigenvalue weighted by molar-refractivity contribution is 0.226. The van der Waals surface area contributed by atoms with E-state index in [4.69, 9.17) is 32.7 Å². The highest BCUT2D eigenvalue weighted by Crippen LogP contribution is 2.35. The molecule has 0 aliphatic carbocycles. The van der Waals surface area contributed by atoms with Crippen LogP contribution in [0, 0.1) is 5.82 Å². The number of rotatable bonds is 6. The second-order valence-electron chi connectivity index (χ2n) is 5.89. The average Bonchev–Trinajstić information content (AvgIpc) is 2.66. The van der Waals surface area contributed by atoms with Crippen molar-refractivity contribution in [2.24, 2.45) is 0 Å². The third-order valence-corrected chi connectivity index (χ3v) is 4.70. The topological polar surface area (TPSA) is 31.4 Å². The van der Waals surface area contributed by atoms with Crippen LogP contribution < -0.4 is 9.47 Å². The third-order valence-electron chi connectivity index (χ3n) is 3.99. The van der Waals surface area contributed by atoms with Gasteiger partial charge in [0, 0.05) is 22.3 Å². The Morgan fingerprint density at radius 3 is 2.59 bits per heavy atom. The van der Waals surface area contributed by atoms with Gasteiger partial charge in [0.15, 0.2) is 0 Å². The maximum atomic E-state index is 13.8. The fourth-order valence-corrected chi connectivity index (χ4v) is 3.43. The van der Waals surface area contributed by atoms with E-state index in [1.54, 1.807) is 19.3 Å². The van der Waals surface area contributed by atoms with E-state index in [1.807, 2.05) is 37.3 Å². The number of ether oxygens (including phenoxy) is 2. The van der Waals surface area contributed by atoms with Crippen LogP contribution in [0.4, 0.5) is 4.39 Å². The Bertz CT molecular complexity index is 949. The van der Waals surface area contributed by atoms with Crippen molar-refractivity contribution < 1.29 is 13.9 Å². The summed E-state index contributed by atoms with van der Waals surface area (Å²) >= 11 is 12.2. The summed E-state index contributed by atoms with van der Waals surface area (Å²) in [7, 11) is 0. The first kappa shape index (κ1) is 19.5. The number of benzene rings is 2. The lowest BCUT2D eigenvalue weighted by Gasteiger charge is -2.18. The summed E-state index contributed by atoms with van der Waals surface area (Å²) in [6.07, 6.45) is 2.78. The molecule has 3 rings (SSSR count). The lowest BCUT2D eigenvalue weighted by Crippen LogP contribution is -2.06. The second kappa shape index (κ2) is 8.59. The molecule has 0 spiro atoms. The minimum atomic E-state index is -0.549. The molecular formula is C21H18Cl2FNO2. The molecule has 0 aliphatic heterocycles. The van der Waals surface area contributed by atoms with E-state index in [2.05, 4.69) is 4.98 Å². The van der Waals surface area contributed by atoms with Crippen molar-refractivity contribution in [1.82, 2.24) is 4.98 Å². The van der Waals surface area contributed by atoms with E-state index in [0.717, 1.165) is 16.9 Å². The maximum absolute atomic E-state index is 13.8. The van der Waals surface area contributed by atoms with Gasteiger partial charge in [-0.1, -0.05) is 35.3 Å². The predicted molar refractivity (Wildman–Crippen MR) is 106 cm³/mol. The summed E-state index contributed by atoms with van der Waals surface area (Å²) < 4.78 is 25.2. The smallest absolute Gasteiger partial charge is 0.142 e. The monoisotopic (exact) mass is 405 g/mol. The van der Waals surface area contributed by atoms with Crippen LogP contribution in [0.25, 0.3) is 11.1 Å². The van der Waals surface area contributed by atoms with Gasteiger partial charge in [0.2, 0.25) is 0 Å². The molecule has 1 atom stereocenters. The van der Waals surface area contributed by atoms with Crippen molar-refractivity contribution >= 4 is 23.2 Å². The van der Waals surface area contributed by atoms with Crippen molar-refractivity contribution in [2.45, 2.75) is 20.0 Å². The molecule has 1 unspecified atom stereocenters. The third kappa shape index (κ3) is 4.52. The molecule has 3 nitrogen and oxygen atoms in total. The summed E-state index contributed by atoms with van der Waals surface area (Å²) in [5.74, 6) is 0.775. The second-order valence-corrected chi connectivity index (χ2v) is 6.67. The fraction of sp³-hybridized carbons (Fsp3) is 0.190. The van der Waals surface area contributed by atoms with Crippen LogP contribution in [0.3, 0.4) is 0 Å². The molecule has 0 N–H and O–H groups in total. The molecule has 27 heavy (non-hydrogen) atoms. The zero-order chi connectivity index (χ0) is 19.4. The van der Waals surface area contributed by atoms with E-state index in [0.29, 0.717) is 22.9 Å². The standard InChI is InChI=1S/C21H18Cl2FNO2/c1-3-26-16-6-4-5-14(9-16)15-10-17(12-25-11-15)27-13(2)20-18(22)7-8-19(24)21(20)23/h4-13H,3H2,1-2H3. The minimum Gasteiger partial charge on any atom is -0.494 e. The first-order valence-corrected chi connectivity index (χ1v) is 9.23. The zero-order valence-corrected chi connectivity index (χ0v) is 16.4. The first-order valence-electron chi connectivity index (χ1n) is 8.48. The van der Waals surface area contributed by atoms with Gasteiger partial charge in [0.05, 0.1) is 17.8 Å². The number of hydrogen-bond donors (Lipinski definition) is 0. The van der Waals surface area contributed by atoms with E-state index in [9.17, 15) is 4.39 Å². The van der Waals surface area contributed by atoms with Crippen molar-refractivity contribution in [1.29, 1.82) is 0 Å². The SMILES string of the molecule is CCOc1cccc(-c2cncc(OC(C)c3c(Cl)ccc(F)c3Cl)c2)c1. The molecule has 0 radical (unpaired) electrons. The zero-order valence-electron chi connectivity index (χ0n) is 14.9. The lowest BCUT2D eigenvalue weighted by atomic mass is 10.1. The quantitative estimate of drug-likeness (QED) is 0.425. The van der Waals surface area contributed by atoms with Gasteiger partial charge in [-0.25, -0.2) is 4.39 Å². The fourth-order valence-electron chi connectivity index (χ4n) is 2.75. The number of halogens is 3. The van der Waals surface area contributed by atoms with Crippen LogP contribution in [0.15, 0.2) is 54.9 Å². The Morgan fingerprint density at radius 2 is 1.81 bits per heavy atom. The molecule has 1 heterocycles. The molecule has 0 amide bonds. The molecule has 0 fully saturated rings. The minimum absolute atomic E-state index is 0.0384. The summed E-state index contributed by atoms with van der Waals surface area (Å²) in [6, 6.07) is 12.3. The summed E-state index contributed by atoms with van der Waals surface area (Å²) in [6.45, 7) is 4.29. The molecule has 6 heteroatoms. The largest absolute Gasteiger partial charge is 0.494 e. The van der Waals surface area contributed by atoms with E-state index < -0.39 is 11.9 Å². The van der Waals surface area contributed by atoms with Crippen LogP contribution in [-0.4, -0.2) is 11.6 Å². The van der Waals surface area contributed by atoms with E-state index in [-0.39, 0.29) is 5.02 Å². The van der Waals surface area contributed by atoms with Gasteiger partial charge < -0.3 is 9.47 Å². The van der Waals surface area contributed by atoms with Gasteiger partial charge in [0.25, 0.3) is 0 Å². The summed E-state index contributed by atoms with van der Waals surface area (Å²) in [4.78, 5) is 4.24. The molecule has 3 aromatic rings. The van der Waals surface area contributed by atoms with E-state index in [1.165, 1.54) is 12.1 Å². The van der Waals surface area contributed by atoms with Crippen LogP contribution in [0.1, 0.15) is 25.5 Å². The Labute approximate surface area is 167 Å². The molecule has 0 saturated heterocycles. The van der Waals surface area contributed by atoms with Crippen molar-refractivity contribution in [2.75, 3.05) is 6.61 Å². The number of hydrogen-bond acceptors (Lipinski definition) is 3. The van der Waals surface area contributed by atoms with Crippen molar-refractivity contribution in [3.63, 3.8) is 0 Å². The molecular weight excluding hydrogens is 388 g/mol. The Balaban J connectivity index is 1.86. The first-order chi connectivity index (χ1) is 13.0. The van der Waals surface area contributed by atoms with Crippen LogP contribution in [0.2, 0.25) is 10.0 Å².